The van der Waals surface area contributed by atoms with Gasteiger partial charge in [0.05, 0.1) is 13.2 Å². The highest BCUT2D eigenvalue weighted by molar-refractivity contribution is 5.77. The number of hydrogen-bond donors (Lipinski definition) is 1. The van der Waals surface area contributed by atoms with Gasteiger partial charge in [-0.15, -0.1) is 5.10 Å². The Balaban J connectivity index is 1.82. The lowest BCUT2D eigenvalue weighted by Gasteiger charge is -2.26. The van der Waals surface area contributed by atoms with Gasteiger partial charge in [0.25, 0.3) is 5.88 Å². The van der Waals surface area contributed by atoms with Crippen LogP contribution >= 0.6 is 0 Å². The van der Waals surface area contributed by atoms with Crippen LogP contribution in [0.4, 0.5) is 0 Å². The molecular weight excluding hydrogens is 478 g/mol. The molecule has 2 rings (SSSR count). The summed E-state index contributed by atoms with van der Waals surface area (Å²) >= 11 is 0. The van der Waals surface area contributed by atoms with E-state index in [0.717, 1.165) is 36.7 Å². The molecule has 1 aromatic heterocycles. The Kier molecular flexibility index (Phi) is 12.2. The van der Waals surface area contributed by atoms with Crippen molar-refractivity contribution < 1.29 is 24.1 Å². The van der Waals surface area contributed by atoms with Gasteiger partial charge in [0, 0.05) is 19.7 Å². The van der Waals surface area contributed by atoms with Crippen LogP contribution in [0.1, 0.15) is 78.6 Å². The standard InChI is InChI=1S/C27H41N3O7/c1-5-7-8-9-10-17-30-26(34)29(4)24(31)23(28-30)36-19-12-11-18-35-21-14-13-15-22(20-21)37-27(3,16-6-2)25(32)33/h13-15,20H,5-12,16-19H2,1-4H3,(H,32,33). The molecule has 0 saturated heterocycles. The number of unbranched alkanes of at least 4 members (excludes halogenated alkanes) is 5. The van der Waals surface area contributed by atoms with Crippen LogP contribution in [0.25, 0.3) is 0 Å². The van der Waals surface area contributed by atoms with Crippen molar-refractivity contribution in [2.45, 2.75) is 90.7 Å². The van der Waals surface area contributed by atoms with Crippen LogP contribution in [0.2, 0.25) is 0 Å². The Morgan fingerprint density at radius 1 is 0.973 bits per heavy atom. The fourth-order valence-corrected chi connectivity index (χ4v) is 3.83. The average Bonchev–Trinajstić information content (AvgIpc) is 2.87. The van der Waals surface area contributed by atoms with E-state index in [0.29, 0.717) is 50.3 Å². The van der Waals surface area contributed by atoms with Crippen molar-refractivity contribution >= 4 is 5.97 Å². The predicted octanol–water partition coefficient (Wildman–Crippen LogP) is 4.17. The van der Waals surface area contributed by atoms with Gasteiger partial charge in [-0.05, 0) is 44.7 Å². The lowest BCUT2D eigenvalue weighted by molar-refractivity contribution is -0.154. The highest BCUT2D eigenvalue weighted by Gasteiger charge is 2.34. The summed E-state index contributed by atoms with van der Waals surface area (Å²) in [7, 11) is 1.43. The van der Waals surface area contributed by atoms with Crippen molar-refractivity contribution in [1.82, 2.24) is 14.3 Å². The normalized spacial score (nSPS) is 12.6. The fourth-order valence-electron chi connectivity index (χ4n) is 3.83. The number of aromatic nitrogens is 3. The van der Waals surface area contributed by atoms with E-state index in [4.69, 9.17) is 14.2 Å². The first-order valence-electron chi connectivity index (χ1n) is 13.2. The van der Waals surface area contributed by atoms with E-state index in [1.807, 2.05) is 6.92 Å². The number of aryl methyl sites for hydroxylation is 1. The Morgan fingerprint density at radius 2 is 1.65 bits per heavy atom. The maximum atomic E-state index is 12.4. The van der Waals surface area contributed by atoms with E-state index >= 15 is 0 Å². The lowest BCUT2D eigenvalue weighted by atomic mass is 10.0. The number of carboxylic acid groups (broad SMARTS) is 1. The molecule has 1 atom stereocenters. The number of carboxylic acids is 1. The zero-order valence-corrected chi connectivity index (χ0v) is 22.5. The third-order valence-corrected chi connectivity index (χ3v) is 6.05. The van der Waals surface area contributed by atoms with E-state index in [-0.39, 0.29) is 12.5 Å². The van der Waals surface area contributed by atoms with Gasteiger partial charge in [-0.25, -0.2) is 14.3 Å². The molecule has 0 saturated carbocycles. The zero-order chi connectivity index (χ0) is 27.3. The third kappa shape index (κ3) is 9.26. The quantitative estimate of drug-likeness (QED) is 0.291. The number of benzene rings is 1. The van der Waals surface area contributed by atoms with Gasteiger partial charge in [0.15, 0.2) is 0 Å². The molecule has 0 fully saturated rings. The minimum absolute atomic E-state index is 0.0741. The number of carbonyl (C=O) groups is 1. The van der Waals surface area contributed by atoms with E-state index in [1.165, 1.54) is 11.7 Å². The van der Waals surface area contributed by atoms with E-state index in [2.05, 4.69) is 12.0 Å². The van der Waals surface area contributed by atoms with Crippen LogP contribution < -0.4 is 25.5 Å². The third-order valence-electron chi connectivity index (χ3n) is 6.05. The van der Waals surface area contributed by atoms with Crippen LogP contribution in [0, 0.1) is 0 Å². The smallest absolute Gasteiger partial charge is 0.347 e. The van der Waals surface area contributed by atoms with Crippen LogP contribution in [-0.2, 0) is 18.4 Å². The van der Waals surface area contributed by atoms with Crippen LogP contribution in [-0.4, -0.2) is 44.2 Å². The summed E-state index contributed by atoms with van der Waals surface area (Å²) in [5.74, 6) is -0.0758. The lowest BCUT2D eigenvalue weighted by Crippen LogP contribution is -2.41. The number of hydrogen-bond acceptors (Lipinski definition) is 7. The first-order valence-corrected chi connectivity index (χ1v) is 13.2. The molecule has 37 heavy (non-hydrogen) atoms. The van der Waals surface area contributed by atoms with Gasteiger partial charge in [0.1, 0.15) is 11.5 Å². The molecule has 0 aliphatic rings. The summed E-state index contributed by atoms with van der Waals surface area (Å²) in [6.07, 6.45) is 7.60. The maximum Gasteiger partial charge on any atom is 0.347 e. The fraction of sp³-hybridized carbons (Fsp3) is 0.630. The Labute approximate surface area is 218 Å². The molecule has 0 aliphatic carbocycles. The molecule has 0 spiro atoms. The van der Waals surface area contributed by atoms with E-state index < -0.39 is 22.8 Å². The number of rotatable bonds is 18. The molecule has 1 N–H and O–H groups in total. The van der Waals surface area contributed by atoms with E-state index in [1.54, 1.807) is 31.2 Å². The molecule has 2 aromatic rings. The molecular formula is C27H41N3O7. The first kappa shape index (κ1) is 29.9. The van der Waals surface area contributed by atoms with Gasteiger partial charge >= 0.3 is 17.2 Å². The predicted molar refractivity (Wildman–Crippen MR) is 141 cm³/mol. The van der Waals surface area contributed by atoms with Crippen molar-refractivity contribution in [2.24, 2.45) is 7.05 Å². The molecule has 10 heteroatoms. The number of aliphatic carboxylic acids is 1. The second-order valence-electron chi connectivity index (χ2n) is 9.36. The summed E-state index contributed by atoms with van der Waals surface area (Å²) in [4.78, 5) is 36.3. The maximum absolute atomic E-state index is 12.4. The minimum Gasteiger partial charge on any atom is -0.493 e. The summed E-state index contributed by atoms with van der Waals surface area (Å²) in [6.45, 7) is 6.74. The van der Waals surface area contributed by atoms with Gasteiger partial charge in [-0.2, -0.15) is 0 Å². The topological polar surface area (TPSA) is 122 Å². The molecule has 0 bridgehead atoms. The molecule has 0 amide bonds. The molecule has 0 aliphatic heterocycles. The largest absolute Gasteiger partial charge is 0.493 e. The van der Waals surface area contributed by atoms with Crippen molar-refractivity contribution in [3.8, 4) is 17.4 Å². The Bertz CT molecular complexity index is 1110. The Hall–Kier alpha value is -3.30. The molecule has 1 unspecified atom stereocenters. The Morgan fingerprint density at radius 3 is 2.32 bits per heavy atom. The van der Waals surface area contributed by atoms with Crippen LogP contribution in [0.3, 0.4) is 0 Å². The average molecular weight is 520 g/mol. The van der Waals surface area contributed by atoms with Crippen LogP contribution in [0.15, 0.2) is 33.9 Å². The van der Waals surface area contributed by atoms with Crippen molar-refractivity contribution in [2.75, 3.05) is 13.2 Å². The summed E-state index contributed by atoms with van der Waals surface area (Å²) in [5, 5.41) is 13.7. The van der Waals surface area contributed by atoms with E-state index in [9.17, 15) is 19.5 Å². The summed E-state index contributed by atoms with van der Waals surface area (Å²) in [6, 6.07) is 6.91. The second-order valence-corrected chi connectivity index (χ2v) is 9.36. The zero-order valence-electron chi connectivity index (χ0n) is 22.5. The molecule has 0 radical (unpaired) electrons. The van der Waals surface area contributed by atoms with Gasteiger partial charge in [-0.3, -0.25) is 9.36 Å². The monoisotopic (exact) mass is 519 g/mol. The highest BCUT2D eigenvalue weighted by Crippen LogP contribution is 2.26. The summed E-state index contributed by atoms with van der Waals surface area (Å²) in [5.41, 5.74) is -2.28. The van der Waals surface area contributed by atoms with Crippen LogP contribution in [0.5, 0.6) is 17.4 Å². The number of ether oxygens (including phenoxy) is 3. The van der Waals surface area contributed by atoms with Gasteiger partial charge in [-0.1, -0.05) is 52.0 Å². The van der Waals surface area contributed by atoms with Crippen molar-refractivity contribution in [3.05, 3.63) is 45.1 Å². The van der Waals surface area contributed by atoms with Crippen molar-refractivity contribution in [1.29, 1.82) is 0 Å². The molecule has 1 aromatic carbocycles. The van der Waals surface area contributed by atoms with Gasteiger partial charge < -0.3 is 19.3 Å². The molecule has 206 valence electrons. The number of nitrogens with zero attached hydrogens (tertiary/aromatic N) is 3. The minimum atomic E-state index is -1.30. The first-order chi connectivity index (χ1) is 17.7. The highest BCUT2D eigenvalue weighted by atomic mass is 16.5. The molecule has 1 heterocycles. The SMILES string of the molecule is CCCCCCCn1nc(OCCCCOc2cccc(OC(C)(CCC)C(=O)O)c2)c(=O)n(C)c1=O. The molecule has 10 nitrogen and oxygen atoms in total. The summed E-state index contributed by atoms with van der Waals surface area (Å²) < 4.78 is 19.5. The second kappa shape index (κ2) is 15.1. The van der Waals surface area contributed by atoms with Crippen molar-refractivity contribution in [3.63, 3.8) is 0 Å². The van der Waals surface area contributed by atoms with Gasteiger partial charge in [0.2, 0.25) is 5.60 Å².